The van der Waals surface area contributed by atoms with E-state index in [1.54, 1.807) is 0 Å². The first-order chi connectivity index (χ1) is 7.48. The lowest BCUT2D eigenvalue weighted by molar-refractivity contribution is 0.0175. The maximum absolute atomic E-state index is 13.8. The third kappa shape index (κ3) is 2.34. The molecule has 0 aliphatic heterocycles. The predicted octanol–water partition coefficient (Wildman–Crippen LogP) is 3.60. The summed E-state index contributed by atoms with van der Waals surface area (Å²) in [5, 5.41) is 0. The van der Waals surface area contributed by atoms with E-state index < -0.39 is 19.0 Å². The van der Waals surface area contributed by atoms with Gasteiger partial charge in [-0.3, -0.25) is 4.57 Å². The molecule has 0 spiro atoms. The Morgan fingerprint density at radius 1 is 1.38 bits per heavy atom. The second-order valence-corrected chi connectivity index (χ2v) is 4.92. The molecule has 16 heavy (non-hydrogen) atoms. The highest BCUT2D eigenvalue weighted by atomic mass is 31.2. The van der Waals surface area contributed by atoms with Gasteiger partial charge in [-0.1, -0.05) is 0 Å². The Morgan fingerprint density at radius 2 is 1.94 bits per heavy atom. The molecule has 0 N–H and O–H groups in total. The van der Waals surface area contributed by atoms with E-state index in [0.717, 1.165) is 12.3 Å². The van der Waals surface area contributed by atoms with Crippen molar-refractivity contribution < 1.29 is 26.8 Å². The summed E-state index contributed by atoms with van der Waals surface area (Å²) in [7, 11) is -4.54. The van der Waals surface area contributed by atoms with Crippen LogP contribution in [0.3, 0.4) is 0 Å². The molecule has 7 heteroatoms. The van der Waals surface area contributed by atoms with Crippen LogP contribution < -0.4 is 0 Å². The topological polar surface area (TPSA) is 48.7 Å². The maximum Gasteiger partial charge on any atom is 0.407 e. The van der Waals surface area contributed by atoms with Gasteiger partial charge in [-0.2, -0.15) is 8.78 Å². The standard InChI is InChI=1S/C9H13F2O4P/c1-3-14-16(12,15-4-2)9(10,11)8-6-5-7-13-8/h5-7H,3-4H2,1-2H3. The minimum Gasteiger partial charge on any atom is -0.462 e. The summed E-state index contributed by atoms with van der Waals surface area (Å²) in [5.41, 5.74) is -3.78. The van der Waals surface area contributed by atoms with E-state index in [-0.39, 0.29) is 13.2 Å². The molecule has 0 bridgehead atoms. The molecule has 0 amide bonds. The summed E-state index contributed by atoms with van der Waals surface area (Å²) in [6, 6.07) is 2.32. The van der Waals surface area contributed by atoms with Crippen molar-refractivity contribution in [3.8, 4) is 0 Å². The van der Waals surface area contributed by atoms with Gasteiger partial charge in [-0.25, -0.2) is 0 Å². The van der Waals surface area contributed by atoms with Crippen molar-refractivity contribution in [2.75, 3.05) is 13.2 Å². The Balaban J connectivity index is 3.06. The Bertz CT molecular complexity index is 354. The number of rotatable bonds is 6. The summed E-state index contributed by atoms with van der Waals surface area (Å²) in [6.07, 6.45) is 1.07. The molecule has 1 aromatic rings. The maximum atomic E-state index is 13.8. The van der Waals surface area contributed by atoms with E-state index >= 15 is 0 Å². The molecule has 0 aliphatic rings. The van der Waals surface area contributed by atoms with E-state index in [2.05, 4.69) is 13.5 Å². The minimum absolute atomic E-state index is 0.131. The van der Waals surface area contributed by atoms with E-state index in [0.29, 0.717) is 0 Å². The van der Waals surface area contributed by atoms with Crippen LogP contribution in [0.15, 0.2) is 22.8 Å². The van der Waals surface area contributed by atoms with Crippen molar-refractivity contribution in [3.63, 3.8) is 0 Å². The van der Waals surface area contributed by atoms with Gasteiger partial charge in [0.1, 0.15) is 0 Å². The smallest absolute Gasteiger partial charge is 0.407 e. The molecule has 4 nitrogen and oxygen atoms in total. The van der Waals surface area contributed by atoms with Crippen LogP contribution in [-0.2, 0) is 19.3 Å². The average molecular weight is 254 g/mol. The summed E-state index contributed by atoms with van der Waals surface area (Å²) in [5.74, 6) is -0.724. The molecule has 0 fully saturated rings. The highest BCUT2D eigenvalue weighted by molar-refractivity contribution is 7.54. The fourth-order valence-corrected chi connectivity index (χ4v) is 2.60. The van der Waals surface area contributed by atoms with E-state index in [1.165, 1.54) is 19.9 Å². The van der Waals surface area contributed by atoms with Crippen molar-refractivity contribution in [2.45, 2.75) is 19.5 Å². The molecule has 0 aliphatic carbocycles. The molecule has 0 saturated heterocycles. The van der Waals surface area contributed by atoms with Gasteiger partial charge in [-0.15, -0.1) is 0 Å². The molecule has 0 radical (unpaired) electrons. The van der Waals surface area contributed by atoms with Gasteiger partial charge < -0.3 is 13.5 Å². The van der Waals surface area contributed by atoms with Crippen LogP contribution >= 0.6 is 7.60 Å². The van der Waals surface area contributed by atoms with Crippen LogP contribution in [0.1, 0.15) is 19.6 Å². The summed E-state index contributed by atoms with van der Waals surface area (Å²) >= 11 is 0. The molecule has 0 aromatic carbocycles. The van der Waals surface area contributed by atoms with Crippen LogP contribution in [-0.4, -0.2) is 13.2 Å². The van der Waals surface area contributed by atoms with E-state index in [1.807, 2.05) is 0 Å². The van der Waals surface area contributed by atoms with Gasteiger partial charge in [0.15, 0.2) is 5.76 Å². The average Bonchev–Trinajstić information content (AvgIpc) is 2.71. The Labute approximate surface area is 92.1 Å². The van der Waals surface area contributed by atoms with Crippen LogP contribution in [0.5, 0.6) is 0 Å². The third-order valence-corrected chi connectivity index (χ3v) is 3.86. The molecular formula is C9H13F2O4P. The SMILES string of the molecule is CCOP(=O)(OCC)C(F)(F)c1ccco1. The Hall–Kier alpha value is -0.710. The van der Waals surface area contributed by atoms with Gasteiger partial charge in [0.05, 0.1) is 19.5 Å². The normalized spacial score (nSPS) is 13.0. The van der Waals surface area contributed by atoms with Gasteiger partial charge in [0, 0.05) is 0 Å². The summed E-state index contributed by atoms with van der Waals surface area (Å²) in [6.45, 7) is 2.66. The highest BCUT2D eigenvalue weighted by Gasteiger charge is 2.57. The molecule has 1 rings (SSSR count). The van der Waals surface area contributed by atoms with Crippen molar-refractivity contribution >= 4 is 7.60 Å². The Morgan fingerprint density at radius 3 is 2.31 bits per heavy atom. The molecule has 0 atom stereocenters. The van der Waals surface area contributed by atoms with Crippen molar-refractivity contribution in [2.24, 2.45) is 0 Å². The quantitative estimate of drug-likeness (QED) is 0.728. The van der Waals surface area contributed by atoms with Crippen molar-refractivity contribution in [1.29, 1.82) is 0 Å². The van der Waals surface area contributed by atoms with Crippen LogP contribution in [0, 0.1) is 0 Å². The van der Waals surface area contributed by atoms with Crippen molar-refractivity contribution in [1.82, 2.24) is 0 Å². The largest absolute Gasteiger partial charge is 0.462 e. The number of hydrogen-bond acceptors (Lipinski definition) is 4. The molecule has 0 saturated carbocycles. The summed E-state index contributed by atoms with van der Waals surface area (Å²) in [4.78, 5) is 0. The van der Waals surface area contributed by atoms with Crippen LogP contribution in [0.2, 0.25) is 0 Å². The van der Waals surface area contributed by atoms with Gasteiger partial charge in [0.2, 0.25) is 0 Å². The molecule has 0 unspecified atom stereocenters. The van der Waals surface area contributed by atoms with Crippen molar-refractivity contribution in [3.05, 3.63) is 24.2 Å². The second-order valence-electron chi connectivity index (χ2n) is 2.85. The van der Waals surface area contributed by atoms with Gasteiger partial charge in [-0.05, 0) is 26.0 Å². The molecule has 1 aromatic heterocycles. The first-order valence-corrected chi connectivity index (χ1v) is 6.33. The number of furan rings is 1. The lowest BCUT2D eigenvalue weighted by Gasteiger charge is -2.23. The fraction of sp³-hybridized carbons (Fsp3) is 0.556. The number of alkyl halides is 2. The molecular weight excluding hydrogens is 241 g/mol. The monoisotopic (exact) mass is 254 g/mol. The zero-order valence-corrected chi connectivity index (χ0v) is 9.88. The minimum atomic E-state index is -4.54. The number of halogens is 2. The summed E-state index contributed by atoms with van der Waals surface area (Å²) < 4.78 is 53.2. The molecule has 1 heterocycles. The number of hydrogen-bond donors (Lipinski definition) is 0. The molecule has 92 valence electrons. The van der Waals surface area contributed by atoms with Gasteiger partial charge in [0.25, 0.3) is 0 Å². The fourth-order valence-electron chi connectivity index (χ4n) is 1.12. The Kier molecular flexibility index (Phi) is 4.24. The van der Waals surface area contributed by atoms with Gasteiger partial charge >= 0.3 is 13.3 Å². The van der Waals surface area contributed by atoms with E-state index in [4.69, 9.17) is 0 Å². The zero-order chi connectivity index (χ0) is 12.2. The predicted molar refractivity (Wildman–Crippen MR) is 53.5 cm³/mol. The third-order valence-electron chi connectivity index (χ3n) is 1.76. The lowest BCUT2D eigenvalue weighted by atomic mass is 10.5. The second kappa shape index (κ2) is 5.08. The first kappa shape index (κ1) is 13.4. The highest BCUT2D eigenvalue weighted by Crippen LogP contribution is 2.66. The van der Waals surface area contributed by atoms with Crippen LogP contribution in [0.25, 0.3) is 0 Å². The van der Waals surface area contributed by atoms with Crippen LogP contribution in [0.4, 0.5) is 8.78 Å². The zero-order valence-electron chi connectivity index (χ0n) is 8.98. The first-order valence-electron chi connectivity index (χ1n) is 4.79. The van der Waals surface area contributed by atoms with E-state index in [9.17, 15) is 13.3 Å². The lowest BCUT2D eigenvalue weighted by Crippen LogP contribution is -2.17.